The molecule has 0 N–H and O–H groups in total. The lowest BCUT2D eigenvalue weighted by Crippen LogP contribution is -2.53. The van der Waals surface area contributed by atoms with Crippen molar-refractivity contribution in [3.63, 3.8) is 0 Å². The topological polar surface area (TPSA) is 21.7 Å². The van der Waals surface area contributed by atoms with Crippen LogP contribution in [0.2, 0.25) is 6.04 Å². The molecule has 2 rings (SSSR count). The van der Waals surface area contributed by atoms with Crippen molar-refractivity contribution >= 4 is 14.4 Å². The summed E-state index contributed by atoms with van der Waals surface area (Å²) in [7, 11) is -2.31. The fourth-order valence-corrected chi connectivity index (χ4v) is 5.39. The Labute approximate surface area is 110 Å². The van der Waals surface area contributed by atoms with Crippen molar-refractivity contribution in [3.05, 3.63) is 43.0 Å². The van der Waals surface area contributed by atoms with E-state index in [2.05, 4.69) is 42.3 Å². The summed E-state index contributed by atoms with van der Waals surface area (Å²) in [5, 5.41) is 0. The van der Waals surface area contributed by atoms with Crippen molar-refractivity contribution in [3.8, 4) is 0 Å². The van der Waals surface area contributed by atoms with Gasteiger partial charge in [0, 0.05) is 24.9 Å². The number of anilines is 1. The molecule has 0 saturated carbocycles. The summed E-state index contributed by atoms with van der Waals surface area (Å²) in [5.41, 5.74) is 1.19. The van der Waals surface area contributed by atoms with Gasteiger partial charge in [-0.3, -0.25) is 0 Å². The summed E-state index contributed by atoms with van der Waals surface area (Å²) in [4.78, 5) is 0. The maximum absolute atomic E-state index is 6.12. The molecule has 4 heteroatoms. The number of nitrogens with zero attached hydrogens (tertiary/aromatic N) is 1. The molecule has 1 aliphatic heterocycles. The monoisotopic (exact) mass is 263 g/mol. The van der Waals surface area contributed by atoms with Crippen molar-refractivity contribution in [1.82, 2.24) is 0 Å². The highest BCUT2D eigenvalue weighted by Crippen LogP contribution is 2.30. The molecule has 0 bridgehead atoms. The first-order valence-electron chi connectivity index (χ1n) is 6.54. The lowest BCUT2D eigenvalue weighted by Gasteiger charge is -2.33. The molecule has 1 aromatic carbocycles. The van der Waals surface area contributed by atoms with E-state index in [4.69, 9.17) is 8.85 Å². The zero-order valence-corrected chi connectivity index (χ0v) is 12.0. The Morgan fingerprint density at radius 3 is 2.89 bits per heavy atom. The molecule has 3 nitrogen and oxygen atoms in total. The summed E-state index contributed by atoms with van der Waals surface area (Å²) in [6.45, 7) is 8.39. The van der Waals surface area contributed by atoms with Gasteiger partial charge in [0.05, 0.1) is 6.61 Å². The van der Waals surface area contributed by atoms with E-state index in [-0.39, 0.29) is 0 Å². The van der Waals surface area contributed by atoms with Gasteiger partial charge >= 0.3 is 8.72 Å². The Morgan fingerprint density at radius 1 is 1.44 bits per heavy atom. The average molecular weight is 263 g/mol. The lowest BCUT2D eigenvalue weighted by atomic mass is 10.3. The van der Waals surface area contributed by atoms with Crippen LogP contribution < -0.4 is 4.57 Å². The van der Waals surface area contributed by atoms with Crippen LogP contribution in [0.3, 0.4) is 0 Å². The van der Waals surface area contributed by atoms with Gasteiger partial charge in [0.2, 0.25) is 0 Å². The molecule has 1 fully saturated rings. The van der Waals surface area contributed by atoms with Crippen LogP contribution in [0.15, 0.2) is 43.0 Å². The standard InChI is InChI=1S/C14H21NO2Si/c1-3-11-16-18(13-4-2)15(10-12-17-18)14-8-6-5-7-9-14/h4-9H,2-3,10-13H2,1H3. The van der Waals surface area contributed by atoms with E-state index in [0.29, 0.717) is 0 Å². The normalized spacial score (nSPS) is 23.3. The number of benzene rings is 1. The summed E-state index contributed by atoms with van der Waals surface area (Å²) >= 11 is 0. The third kappa shape index (κ3) is 2.66. The Kier molecular flexibility index (Phi) is 4.58. The molecule has 1 unspecified atom stereocenters. The maximum Gasteiger partial charge on any atom is 0.463 e. The van der Waals surface area contributed by atoms with Crippen LogP contribution in [0, 0.1) is 0 Å². The van der Waals surface area contributed by atoms with Crippen LogP contribution in [-0.2, 0) is 8.85 Å². The van der Waals surface area contributed by atoms with Crippen molar-refractivity contribution < 1.29 is 8.85 Å². The molecule has 0 radical (unpaired) electrons. The molecule has 18 heavy (non-hydrogen) atoms. The third-order valence-electron chi connectivity index (χ3n) is 3.06. The molecular formula is C14H21NO2Si. The van der Waals surface area contributed by atoms with Crippen molar-refractivity contribution in [2.45, 2.75) is 19.4 Å². The van der Waals surface area contributed by atoms with Crippen molar-refractivity contribution in [2.24, 2.45) is 0 Å². The first-order valence-corrected chi connectivity index (χ1v) is 8.51. The van der Waals surface area contributed by atoms with Gasteiger partial charge in [-0.2, -0.15) is 0 Å². The smallest absolute Gasteiger partial charge is 0.378 e. The third-order valence-corrected chi connectivity index (χ3v) is 6.47. The number of hydrogen-bond donors (Lipinski definition) is 0. The summed E-state index contributed by atoms with van der Waals surface area (Å²) in [5.74, 6) is 0. The summed E-state index contributed by atoms with van der Waals surface area (Å²) in [6, 6.07) is 11.2. The van der Waals surface area contributed by atoms with Crippen LogP contribution >= 0.6 is 0 Å². The van der Waals surface area contributed by atoms with E-state index in [9.17, 15) is 0 Å². The van der Waals surface area contributed by atoms with Gasteiger partial charge in [-0.15, -0.1) is 6.58 Å². The number of rotatable bonds is 6. The molecule has 98 valence electrons. The molecule has 0 aromatic heterocycles. The molecule has 1 aliphatic rings. The molecule has 1 aromatic rings. The first-order chi connectivity index (χ1) is 8.82. The van der Waals surface area contributed by atoms with E-state index in [1.165, 1.54) is 5.69 Å². The van der Waals surface area contributed by atoms with Gasteiger partial charge in [-0.25, -0.2) is 0 Å². The van der Waals surface area contributed by atoms with Crippen molar-refractivity contribution in [2.75, 3.05) is 24.3 Å². The second-order valence-electron chi connectivity index (χ2n) is 4.39. The minimum atomic E-state index is -2.31. The van der Waals surface area contributed by atoms with Crippen LogP contribution in [-0.4, -0.2) is 28.5 Å². The van der Waals surface area contributed by atoms with E-state index in [1.54, 1.807) is 0 Å². The Morgan fingerprint density at radius 2 is 2.22 bits per heavy atom. The number of hydrogen-bond acceptors (Lipinski definition) is 3. The predicted molar refractivity (Wildman–Crippen MR) is 76.7 cm³/mol. The lowest BCUT2D eigenvalue weighted by molar-refractivity contribution is 0.200. The first kappa shape index (κ1) is 13.3. The largest absolute Gasteiger partial charge is 0.463 e. The van der Waals surface area contributed by atoms with Crippen LogP contribution in [0.5, 0.6) is 0 Å². The fourth-order valence-electron chi connectivity index (χ4n) is 2.27. The summed E-state index contributed by atoms with van der Waals surface area (Å²) in [6.07, 6.45) is 2.93. The molecule has 1 atom stereocenters. The van der Waals surface area contributed by atoms with E-state index in [1.807, 2.05) is 12.1 Å². The maximum atomic E-state index is 6.12. The van der Waals surface area contributed by atoms with Gasteiger partial charge in [-0.1, -0.05) is 31.2 Å². The molecule has 1 heterocycles. The van der Waals surface area contributed by atoms with Crippen LogP contribution in [0.4, 0.5) is 5.69 Å². The second-order valence-corrected chi connectivity index (χ2v) is 7.34. The van der Waals surface area contributed by atoms with E-state index >= 15 is 0 Å². The SMILES string of the molecule is C=CC[Si]1(OCCC)OCCN1c1ccccc1. The summed E-state index contributed by atoms with van der Waals surface area (Å²) < 4.78 is 14.5. The minimum Gasteiger partial charge on any atom is -0.378 e. The van der Waals surface area contributed by atoms with Gasteiger partial charge in [0.25, 0.3) is 0 Å². The van der Waals surface area contributed by atoms with Crippen LogP contribution in [0.1, 0.15) is 13.3 Å². The zero-order valence-electron chi connectivity index (χ0n) is 11.0. The quantitative estimate of drug-likeness (QED) is 0.581. The van der Waals surface area contributed by atoms with Gasteiger partial charge in [-0.05, 0) is 18.6 Å². The van der Waals surface area contributed by atoms with Crippen molar-refractivity contribution in [1.29, 1.82) is 0 Å². The van der Waals surface area contributed by atoms with E-state index in [0.717, 1.165) is 32.2 Å². The highest BCUT2D eigenvalue weighted by atomic mass is 28.4. The molecule has 1 saturated heterocycles. The number of allylic oxidation sites excluding steroid dienone is 1. The molecule has 0 amide bonds. The van der Waals surface area contributed by atoms with Gasteiger partial charge in [0.15, 0.2) is 0 Å². The average Bonchev–Trinajstić information content (AvgIpc) is 2.82. The molecular weight excluding hydrogens is 242 g/mol. The number of para-hydroxylation sites is 1. The molecule has 0 spiro atoms. The predicted octanol–water partition coefficient (Wildman–Crippen LogP) is 3.07. The minimum absolute atomic E-state index is 0.749. The highest BCUT2D eigenvalue weighted by Gasteiger charge is 2.48. The Bertz CT molecular complexity index is 385. The fraction of sp³-hybridized carbons (Fsp3) is 0.429. The Balaban J connectivity index is 2.23. The highest BCUT2D eigenvalue weighted by molar-refractivity contribution is 6.72. The van der Waals surface area contributed by atoms with Crippen LogP contribution in [0.25, 0.3) is 0 Å². The second kappa shape index (κ2) is 6.18. The van der Waals surface area contributed by atoms with Gasteiger partial charge < -0.3 is 13.4 Å². The Hall–Kier alpha value is -1.10. The zero-order chi connectivity index (χ0) is 12.8. The van der Waals surface area contributed by atoms with E-state index < -0.39 is 8.72 Å². The molecule has 0 aliphatic carbocycles. The van der Waals surface area contributed by atoms with Gasteiger partial charge in [0.1, 0.15) is 0 Å².